The number of hydrogen-bond donors (Lipinski definition) is 0. The molecule has 1 aromatic heterocycles. The van der Waals surface area contributed by atoms with E-state index in [1.807, 2.05) is 48.5 Å². The van der Waals surface area contributed by atoms with E-state index in [-0.39, 0.29) is 5.82 Å². The zero-order valence-corrected chi connectivity index (χ0v) is 13.5. The van der Waals surface area contributed by atoms with Gasteiger partial charge in [0.1, 0.15) is 5.82 Å². The fourth-order valence-corrected chi connectivity index (χ4v) is 2.94. The van der Waals surface area contributed by atoms with E-state index >= 15 is 0 Å². The molecule has 0 spiro atoms. The molecular weight excluding hydrogens is 321 g/mol. The summed E-state index contributed by atoms with van der Waals surface area (Å²) < 4.78 is 13.2. The van der Waals surface area contributed by atoms with Crippen molar-refractivity contribution >= 4 is 22.5 Å². The summed E-state index contributed by atoms with van der Waals surface area (Å²) in [6.07, 6.45) is 0. The van der Waals surface area contributed by atoms with Gasteiger partial charge in [0.25, 0.3) is 0 Å². The average Bonchev–Trinajstić information content (AvgIpc) is 2.62. The van der Waals surface area contributed by atoms with Gasteiger partial charge in [-0.1, -0.05) is 41.9 Å². The van der Waals surface area contributed by atoms with Gasteiger partial charge in [-0.2, -0.15) is 0 Å². The van der Waals surface area contributed by atoms with Crippen LogP contribution in [0.4, 0.5) is 4.39 Å². The predicted octanol–water partition coefficient (Wildman–Crippen LogP) is 6.36. The highest BCUT2D eigenvalue weighted by Crippen LogP contribution is 2.32. The lowest BCUT2D eigenvalue weighted by molar-refractivity contribution is 0.628. The monoisotopic (exact) mass is 333 g/mol. The second-order valence-corrected chi connectivity index (χ2v) is 6.02. The summed E-state index contributed by atoms with van der Waals surface area (Å²) in [7, 11) is 0. The Hall–Kier alpha value is -2.71. The van der Waals surface area contributed by atoms with Gasteiger partial charge >= 0.3 is 0 Å². The van der Waals surface area contributed by atoms with Crippen LogP contribution in [0.25, 0.3) is 33.3 Å². The maximum atomic E-state index is 13.2. The summed E-state index contributed by atoms with van der Waals surface area (Å²) in [6.45, 7) is 0. The predicted molar refractivity (Wildman–Crippen MR) is 97.6 cm³/mol. The van der Waals surface area contributed by atoms with Gasteiger partial charge in [-0.3, -0.25) is 0 Å². The van der Waals surface area contributed by atoms with Gasteiger partial charge < -0.3 is 0 Å². The molecule has 0 saturated heterocycles. The van der Waals surface area contributed by atoms with Gasteiger partial charge in [0, 0.05) is 16.0 Å². The molecule has 0 radical (unpaired) electrons. The molecule has 0 amide bonds. The molecule has 0 saturated carbocycles. The number of nitrogens with zero attached hydrogens (tertiary/aromatic N) is 1. The minimum Gasteiger partial charge on any atom is -0.248 e. The number of para-hydroxylation sites is 1. The molecule has 3 heteroatoms. The summed E-state index contributed by atoms with van der Waals surface area (Å²) >= 11 is 6.01. The third kappa shape index (κ3) is 2.77. The standard InChI is InChI=1S/C21H13ClFN/c22-16-9-5-14(6-10-16)19-13-21(15-7-11-17(23)12-8-15)24-20-4-2-1-3-18(19)20/h1-13H. The van der Waals surface area contributed by atoms with Gasteiger partial charge in [-0.05, 0) is 59.7 Å². The first-order valence-corrected chi connectivity index (χ1v) is 8.00. The molecule has 0 atom stereocenters. The Balaban J connectivity index is 1.97. The topological polar surface area (TPSA) is 12.9 Å². The number of aromatic nitrogens is 1. The largest absolute Gasteiger partial charge is 0.248 e. The van der Waals surface area contributed by atoms with Crippen molar-refractivity contribution in [2.24, 2.45) is 0 Å². The average molecular weight is 334 g/mol. The van der Waals surface area contributed by atoms with Crippen molar-refractivity contribution in [3.63, 3.8) is 0 Å². The van der Waals surface area contributed by atoms with Gasteiger partial charge in [0.05, 0.1) is 11.2 Å². The minimum atomic E-state index is -0.252. The van der Waals surface area contributed by atoms with E-state index < -0.39 is 0 Å². The zero-order valence-electron chi connectivity index (χ0n) is 12.7. The van der Waals surface area contributed by atoms with Gasteiger partial charge in [-0.15, -0.1) is 0 Å². The lowest BCUT2D eigenvalue weighted by Gasteiger charge is -2.10. The first kappa shape index (κ1) is 14.9. The van der Waals surface area contributed by atoms with Gasteiger partial charge in [0.15, 0.2) is 0 Å². The third-order valence-electron chi connectivity index (χ3n) is 4.01. The Morgan fingerprint density at radius 1 is 0.750 bits per heavy atom. The quantitative estimate of drug-likeness (QED) is 0.416. The molecule has 1 heterocycles. The molecule has 3 aromatic carbocycles. The first-order valence-electron chi connectivity index (χ1n) is 7.62. The van der Waals surface area contributed by atoms with Crippen molar-refractivity contribution in [2.75, 3.05) is 0 Å². The smallest absolute Gasteiger partial charge is 0.123 e. The molecular formula is C21H13ClFN. The summed E-state index contributed by atoms with van der Waals surface area (Å²) in [4.78, 5) is 4.73. The number of pyridine rings is 1. The molecule has 116 valence electrons. The summed E-state index contributed by atoms with van der Waals surface area (Å²) in [5.74, 6) is -0.252. The van der Waals surface area contributed by atoms with Crippen molar-refractivity contribution in [3.8, 4) is 22.4 Å². The Bertz CT molecular complexity index is 1010. The Morgan fingerprint density at radius 2 is 1.42 bits per heavy atom. The van der Waals surface area contributed by atoms with Crippen molar-refractivity contribution < 1.29 is 4.39 Å². The molecule has 0 unspecified atom stereocenters. The van der Waals surface area contributed by atoms with Crippen molar-refractivity contribution in [3.05, 3.63) is 89.7 Å². The molecule has 0 aliphatic carbocycles. The molecule has 0 N–H and O–H groups in total. The molecule has 0 aliphatic rings. The van der Waals surface area contributed by atoms with E-state index in [1.54, 1.807) is 12.1 Å². The van der Waals surface area contributed by atoms with Crippen LogP contribution in [-0.4, -0.2) is 4.98 Å². The van der Waals surface area contributed by atoms with Crippen LogP contribution in [0, 0.1) is 5.82 Å². The lowest BCUT2D eigenvalue weighted by Crippen LogP contribution is -1.90. The highest BCUT2D eigenvalue weighted by atomic mass is 35.5. The van der Waals surface area contributed by atoms with E-state index in [9.17, 15) is 4.39 Å². The van der Waals surface area contributed by atoms with Crippen LogP contribution in [0.1, 0.15) is 0 Å². The first-order chi connectivity index (χ1) is 11.7. The van der Waals surface area contributed by atoms with Gasteiger partial charge in [0.2, 0.25) is 0 Å². The molecule has 24 heavy (non-hydrogen) atoms. The Kier molecular flexibility index (Phi) is 3.75. The zero-order chi connectivity index (χ0) is 16.5. The van der Waals surface area contributed by atoms with Crippen LogP contribution in [0.3, 0.4) is 0 Å². The van der Waals surface area contributed by atoms with Crippen LogP contribution in [0.15, 0.2) is 78.9 Å². The number of rotatable bonds is 2. The SMILES string of the molecule is Fc1ccc(-c2cc(-c3ccc(Cl)cc3)c3ccccc3n2)cc1. The molecule has 0 aliphatic heterocycles. The number of hydrogen-bond acceptors (Lipinski definition) is 1. The molecule has 0 fully saturated rings. The van der Waals surface area contributed by atoms with Crippen LogP contribution in [0.2, 0.25) is 5.02 Å². The number of benzene rings is 3. The van der Waals surface area contributed by atoms with Crippen molar-refractivity contribution in [1.29, 1.82) is 0 Å². The highest BCUT2D eigenvalue weighted by Gasteiger charge is 2.09. The fourth-order valence-electron chi connectivity index (χ4n) is 2.81. The second kappa shape index (κ2) is 6.06. The summed E-state index contributed by atoms with van der Waals surface area (Å²) in [6, 6.07) is 24.2. The van der Waals surface area contributed by atoms with Crippen LogP contribution in [-0.2, 0) is 0 Å². The van der Waals surface area contributed by atoms with Crippen LogP contribution < -0.4 is 0 Å². The van der Waals surface area contributed by atoms with Crippen LogP contribution in [0.5, 0.6) is 0 Å². The summed E-state index contributed by atoms with van der Waals surface area (Å²) in [5, 5.41) is 1.78. The van der Waals surface area contributed by atoms with E-state index in [2.05, 4.69) is 6.07 Å². The molecule has 1 nitrogen and oxygen atoms in total. The van der Waals surface area contributed by atoms with Crippen molar-refractivity contribution in [1.82, 2.24) is 4.98 Å². The van der Waals surface area contributed by atoms with E-state index in [0.29, 0.717) is 5.02 Å². The van der Waals surface area contributed by atoms with Crippen molar-refractivity contribution in [2.45, 2.75) is 0 Å². The maximum Gasteiger partial charge on any atom is 0.123 e. The minimum absolute atomic E-state index is 0.252. The Morgan fingerprint density at radius 3 is 2.17 bits per heavy atom. The number of halogens is 2. The fraction of sp³-hybridized carbons (Fsp3) is 0. The maximum absolute atomic E-state index is 13.2. The highest BCUT2D eigenvalue weighted by molar-refractivity contribution is 6.30. The summed E-state index contributed by atoms with van der Waals surface area (Å²) in [5.41, 5.74) is 4.76. The lowest BCUT2D eigenvalue weighted by atomic mass is 9.98. The Labute approximate surface area is 144 Å². The van der Waals surface area contributed by atoms with Gasteiger partial charge in [-0.25, -0.2) is 9.37 Å². The molecule has 4 aromatic rings. The van der Waals surface area contributed by atoms with E-state index in [4.69, 9.17) is 16.6 Å². The molecule has 0 bridgehead atoms. The van der Waals surface area contributed by atoms with Crippen LogP contribution >= 0.6 is 11.6 Å². The third-order valence-corrected chi connectivity index (χ3v) is 4.26. The second-order valence-electron chi connectivity index (χ2n) is 5.59. The number of fused-ring (bicyclic) bond motifs is 1. The molecule has 4 rings (SSSR count). The normalized spacial score (nSPS) is 10.9. The van der Waals surface area contributed by atoms with E-state index in [0.717, 1.165) is 33.3 Å². The van der Waals surface area contributed by atoms with E-state index in [1.165, 1.54) is 12.1 Å².